The van der Waals surface area contributed by atoms with Gasteiger partial charge >= 0.3 is 0 Å². The van der Waals surface area contributed by atoms with Gasteiger partial charge in [0.2, 0.25) is 0 Å². The number of hydrogen-bond acceptors (Lipinski definition) is 4. The monoisotopic (exact) mass is 286 g/mol. The predicted molar refractivity (Wildman–Crippen MR) is 77.0 cm³/mol. The first-order chi connectivity index (χ1) is 10.2. The second-order valence-corrected chi connectivity index (χ2v) is 5.23. The number of carbonyl (C=O) groups excluding carboxylic acids is 1. The molecule has 1 saturated carbocycles. The molecule has 1 fully saturated rings. The normalized spacial score (nSPS) is 14.0. The minimum absolute atomic E-state index is 0.0744. The van der Waals surface area contributed by atoms with Crippen LogP contribution in [0, 0.1) is 6.92 Å². The van der Waals surface area contributed by atoms with Gasteiger partial charge in [-0.2, -0.15) is 15.4 Å². The van der Waals surface area contributed by atoms with Crippen LogP contribution in [0.3, 0.4) is 0 Å². The molecule has 0 unspecified atom stereocenters. The molecule has 6 nitrogen and oxygen atoms in total. The van der Waals surface area contributed by atoms with E-state index in [2.05, 4.69) is 15.4 Å². The molecule has 1 heterocycles. The van der Waals surface area contributed by atoms with E-state index in [-0.39, 0.29) is 5.91 Å². The zero-order valence-corrected chi connectivity index (χ0v) is 12.2. The van der Waals surface area contributed by atoms with E-state index in [4.69, 9.17) is 4.74 Å². The minimum Gasteiger partial charge on any atom is -0.496 e. The molecule has 1 aromatic carbocycles. The quantitative estimate of drug-likeness (QED) is 0.911. The number of ether oxygens (including phenoxy) is 1. The van der Waals surface area contributed by atoms with Crippen LogP contribution in [0.5, 0.6) is 5.75 Å². The number of nitrogens with one attached hydrogen (secondary N) is 1. The fourth-order valence-corrected chi connectivity index (χ4v) is 2.39. The van der Waals surface area contributed by atoms with Crippen molar-refractivity contribution in [3.63, 3.8) is 0 Å². The maximum Gasteiger partial charge on any atom is 0.276 e. The van der Waals surface area contributed by atoms with Crippen molar-refractivity contribution in [2.24, 2.45) is 0 Å². The van der Waals surface area contributed by atoms with E-state index < -0.39 is 0 Å². The molecule has 21 heavy (non-hydrogen) atoms. The molecule has 1 aliphatic carbocycles. The van der Waals surface area contributed by atoms with Crippen LogP contribution < -0.4 is 4.74 Å². The van der Waals surface area contributed by atoms with Crippen LogP contribution in [0.4, 0.5) is 0 Å². The van der Waals surface area contributed by atoms with Crippen LogP contribution in [-0.2, 0) is 6.54 Å². The molecule has 1 aromatic heterocycles. The molecule has 110 valence electrons. The van der Waals surface area contributed by atoms with Gasteiger partial charge in [-0.05, 0) is 25.8 Å². The van der Waals surface area contributed by atoms with Crippen molar-refractivity contribution >= 4 is 5.91 Å². The third kappa shape index (κ3) is 2.74. The van der Waals surface area contributed by atoms with Gasteiger partial charge in [0, 0.05) is 18.2 Å². The second-order valence-electron chi connectivity index (χ2n) is 5.23. The largest absolute Gasteiger partial charge is 0.496 e. The van der Waals surface area contributed by atoms with E-state index in [0.29, 0.717) is 24.0 Å². The van der Waals surface area contributed by atoms with Gasteiger partial charge in [-0.3, -0.25) is 4.79 Å². The average molecular weight is 286 g/mol. The lowest BCUT2D eigenvalue weighted by Gasteiger charge is -2.22. The van der Waals surface area contributed by atoms with E-state index in [0.717, 1.165) is 24.2 Å². The van der Waals surface area contributed by atoms with Gasteiger partial charge < -0.3 is 9.64 Å². The number of benzene rings is 1. The highest BCUT2D eigenvalue weighted by atomic mass is 16.5. The van der Waals surface area contributed by atoms with Crippen molar-refractivity contribution in [2.75, 3.05) is 7.11 Å². The number of hydrogen-bond donors (Lipinski definition) is 1. The molecule has 2 aromatic rings. The Morgan fingerprint density at radius 3 is 2.76 bits per heavy atom. The number of aromatic nitrogens is 3. The molecule has 3 rings (SSSR count). The van der Waals surface area contributed by atoms with Crippen LogP contribution in [0.15, 0.2) is 24.3 Å². The first-order valence-corrected chi connectivity index (χ1v) is 7.01. The summed E-state index contributed by atoms with van der Waals surface area (Å²) in [6, 6.07) is 8.06. The maximum atomic E-state index is 12.7. The van der Waals surface area contributed by atoms with E-state index in [1.54, 1.807) is 14.0 Å². The summed E-state index contributed by atoms with van der Waals surface area (Å²) in [6.07, 6.45) is 2.08. The van der Waals surface area contributed by atoms with Crippen molar-refractivity contribution in [3.05, 3.63) is 41.2 Å². The first kappa shape index (κ1) is 13.6. The number of methoxy groups -OCH3 is 1. The Morgan fingerprint density at radius 1 is 1.38 bits per heavy atom. The molecule has 1 N–H and O–H groups in total. The van der Waals surface area contributed by atoms with Crippen LogP contribution in [0.2, 0.25) is 0 Å². The van der Waals surface area contributed by atoms with E-state index in [9.17, 15) is 4.79 Å². The zero-order valence-electron chi connectivity index (χ0n) is 12.2. The highest BCUT2D eigenvalue weighted by molar-refractivity contribution is 5.93. The Labute approximate surface area is 123 Å². The molecule has 0 radical (unpaired) electrons. The van der Waals surface area contributed by atoms with Gasteiger partial charge in [-0.15, -0.1) is 0 Å². The summed E-state index contributed by atoms with van der Waals surface area (Å²) in [6.45, 7) is 2.31. The number of para-hydroxylation sites is 1. The van der Waals surface area contributed by atoms with E-state index >= 15 is 0 Å². The van der Waals surface area contributed by atoms with Crippen molar-refractivity contribution in [1.82, 2.24) is 20.3 Å². The number of amides is 1. The van der Waals surface area contributed by atoms with Gasteiger partial charge in [-0.25, -0.2) is 0 Å². The Bertz CT molecular complexity index is 649. The van der Waals surface area contributed by atoms with Crippen molar-refractivity contribution < 1.29 is 9.53 Å². The Kier molecular flexibility index (Phi) is 3.60. The fourth-order valence-electron chi connectivity index (χ4n) is 2.39. The standard InChI is InChI=1S/C15H18N4O2/c1-10-14(17-18-16-10)15(20)19(12-7-8-12)9-11-5-3-4-6-13(11)21-2/h3-6,12H,7-9H2,1-2H3,(H,16,17,18). The minimum atomic E-state index is -0.0744. The predicted octanol–water partition coefficient (Wildman–Crippen LogP) is 1.93. The highest BCUT2D eigenvalue weighted by Crippen LogP contribution is 2.31. The summed E-state index contributed by atoms with van der Waals surface area (Å²) in [7, 11) is 1.64. The SMILES string of the molecule is COc1ccccc1CN(C(=O)c1n[nH]nc1C)C1CC1. The number of nitrogens with zero attached hydrogens (tertiary/aromatic N) is 3. The summed E-state index contributed by atoms with van der Waals surface area (Å²) in [5.74, 6) is 0.725. The van der Waals surface area contributed by atoms with Crippen molar-refractivity contribution in [3.8, 4) is 5.75 Å². The highest BCUT2D eigenvalue weighted by Gasteiger charge is 2.35. The van der Waals surface area contributed by atoms with Gasteiger partial charge in [0.05, 0.1) is 12.8 Å². The third-order valence-corrected chi connectivity index (χ3v) is 3.71. The first-order valence-electron chi connectivity index (χ1n) is 7.01. The number of aryl methyl sites for hydroxylation is 1. The van der Waals surface area contributed by atoms with Crippen molar-refractivity contribution in [2.45, 2.75) is 32.4 Å². The van der Waals surface area contributed by atoms with Crippen molar-refractivity contribution in [1.29, 1.82) is 0 Å². The van der Waals surface area contributed by atoms with Gasteiger partial charge in [-0.1, -0.05) is 18.2 Å². The van der Waals surface area contributed by atoms with Gasteiger partial charge in [0.15, 0.2) is 5.69 Å². The Morgan fingerprint density at radius 2 is 2.14 bits per heavy atom. The average Bonchev–Trinajstić information content (AvgIpc) is 3.25. The topological polar surface area (TPSA) is 71.1 Å². The lowest BCUT2D eigenvalue weighted by atomic mass is 10.1. The smallest absolute Gasteiger partial charge is 0.276 e. The number of rotatable bonds is 5. The van der Waals surface area contributed by atoms with Gasteiger partial charge in [0.1, 0.15) is 5.75 Å². The lowest BCUT2D eigenvalue weighted by molar-refractivity contribution is 0.0722. The van der Waals surface area contributed by atoms with E-state index in [1.807, 2.05) is 29.2 Å². The lowest BCUT2D eigenvalue weighted by Crippen LogP contribution is -2.33. The number of aromatic amines is 1. The summed E-state index contributed by atoms with van der Waals surface area (Å²) < 4.78 is 5.37. The summed E-state index contributed by atoms with van der Waals surface area (Å²) in [5, 5.41) is 10.4. The number of carbonyl (C=O) groups is 1. The zero-order chi connectivity index (χ0) is 14.8. The molecule has 1 aliphatic rings. The molecule has 0 aliphatic heterocycles. The summed E-state index contributed by atoms with van der Waals surface area (Å²) in [5.41, 5.74) is 2.03. The van der Waals surface area contributed by atoms with Gasteiger partial charge in [0.25, 0.3) is 5.91 Å². The molecular formula is C15H18N4O2. The molecule has 1 amide bonds. The third-order valence-electron chi connectivity index (χ3n) is 3.71. The fraction of sp³-hybridized carbons (Fsp3) is 0.400. The second kappa shape index (κ2) is 5.55. The summed E-state index contributed by atoms with van der Waals surface area (Å²) in [4.78, 5) is 14.5. The Hall–Kier alpha value is -2.37. The van der Waals surface area contributed by atoms with Crippen LogP contribution in [0.1, 0.15) is 34.6 Å². The number of H-pyrrole nitrogens is 1. The van der Waals surface area contributed by atoms with Crippen LogP contribution in [-0.4, -0.2) is 39.4 Å². The molecule has 0 bridgehead atoms. The maximum absolute atomic E-state index is 12.7. The van der Waals surface area contributed by atoms with Crippen LogP contribution >= 0.6 is 0 Å². The molecule has 0 atom stereocenters. The Balaban J connectivity index is 1.86. The molecule has 6 heteroatoms. The summed E-state index contributed by atoms with van der Waals surface area (Å²) >= 11 is 0. The van der Waals surface area contributed by atoms with E-state index in [1.165, 1.54) is 0 Å². The van der Waals surface area contributed by atoms with Crippen LogP contribution in [0.25, 0.3) is 0 Å². The molecular weight excluding hydrogens is 268 g/mol. The molecule has 0 saturated heterocycles. The molecule has 0 spiro atoms.